The topological polar surface area (TPSA) is 79.4 Å². The van der Waals surface area contributed by atoms with E-state index < -0.39 is 35.0 Å². The molecular weight excluding hydrogens is 224 g/mol. The summed E-state index contributed by atoms with van der Waals surface area (Å²) in [5.41, 5.74) is -2.53. The van der Waals surface area contributed by atoms with E-state index in [0.29, 0.717) is 6.07 Å². The number of alkyl halides is 2. The maximum absolute atomic E-state index is 12.2. The summed E-state index contributed by atoms with van der Waals surface area (Å²) in [6.45, 7) is 1.52. The molecule has 0 aliphatic carbocycles. The second-order valence-electron chi connectivity index (χ2n) is 2.84. The van der Waals surface area contributed by atoms with Crippen molar-refractivity contribution in [3.63, 3.8) is 0 Å². The minimum atomic E-state index is -2.94. The van der Waals surface area contributed by atoms with Gasteiger partial charge in [-0.25, -0.2) is 13.6 Å². The summed E-state index contributed by atoms with van der Waals surface area (Å²) in [4.78, 5) is 24.2. The lowest BCUT2D eigenvalue weighted by Gasteiger charge is -2.05. The molecule has 0 unspecified atom stereocenters. The molecular formula is C9H9F2NO4. The van der Waals surface area contributed by atoms with Gasteiger partial charge in [0.2, 0.25) is 0 Å². The zero-order chi connectivity index (χ0) is 12.3. The van der Waals surface area contributed by atoms with Crippen molar-refractivity contribution in [2.45, 2.75) is 13.3 Å². The molecule has 0 spiro atoms. The van der Waals surface area contributed by atoms with Crippen LogP contribution < -0.4 is 5.56 Å². The van der Waals surface area contributed by atoms with Crippen LogP contribution in [-0.2, 0) is 4.74 Å². The summed E-state index contributed by atoms with van der Waals surface area (Å²) in [6, 6.07) is 0.623. The highest BCUT2D eigenvalue weighted by atomic mass is 19.3. The van der Waals surface area contributed by atoms with Crippen LogP contribution in [0.3, 0.4) is 0 Å². The fourth-order valence-corrected chi connectivity index (χ4v) is 1.08. The number of aromatic nitrogens is 1. The van der Waals surface area contributed by atoms with E-state index in [1.165, 1.54) is 6.92 Å². The van der Waals surface area contributed by atoms with E-state index in [0.717, 1.165) is 0 Å². The fraction of sp³-hybridized carbons (Fsp3) is 0.333. The number of hydrogen-bond acceptors (Lipinski definition) is 4. The molecule has 0 bridgehead atoms. The Hall–Kier alpha value is -1.92. The van der Waals surface area contributed by atoms with Crippen molar-refractivity contribution in [1.29, 1.82) is 0 Å². The number of halogens is 2. The lowest BCUT2D eigenvalue weighted by atomic mass is 10.2. The number of pyridine rings is 1. The molecule has 7 heteroatoms. The molecule has 0 atom stereocenters. The number of aromatic amines is 1. The minimum absolute atomic E-state index is 0.00825. The summed E-state index contributed by atoms with van der Waals surface area (Å²) >= 11 is 0. The van der Waals surface area contributed by atoms with Crippen molar-refractivity contribution >= 4 is 5.97 Å². The highest BCUT2D eigenvalue weighted by Crippen LogP contribution is 2.21. The molecule has 1 rings (SSSR count). The summed E-state index contributed by atoms with van der Waals surface area (Å²) in [5, 5.41) is 9.26. The first-order chi connectivity index (χ1) is 7.47. The van der Waals surface area contributed by atoms with Crippen LogP contribution >= 0.6 is 0 Å². The van der Waals surface area contributed by atoms with Crippen LogP contribution in [0.4, 0.5) is 8.78 Å². The Morgan fingerprint density at radius 2 is 2.25 bits per heavy atom. The highest BCUT2D eigenvalue weighted by molar-refractivity contribution is 5.91. The van der Waals surface area contributed by atoms with Gasteiger partial charge < -0.3 is 14.8 Å². The van der Waals surface area contributed by atoms with Crippen molar-refractivity contribution in [2.24, 2.45) is 0 Å². The number of aromatic hydroxyl groups is 1. The number of carbonyl (C=O) groups is 1. The van der Waals surface area contributed by atoms with Crippen LogP contribution in [0.5, 0.6) is 5.75 Å². The minimum Gasteiger partial charge on any atom is -0.507 e. The normalized spacial score (nSPS) is 10.5. The standard InChI is InChI=1S/C9H9F2NO4/c1-2-16-9(15)6-5(13)3-4(7(10)11)12-8(6)14/h3,7H,2H2,1H3,(H2,12,13,14). The largest absolute Gasteiger partial charge is 0.507 e. The van der Waals surface area contributed by atoms with Gasteiger partial charge in [0.1, 0.15) is 5.75 Å². The van der Waals surface area contributed by atoms with Crippen molar-refractivity contribution in [1.82, 2.24) is 4.98 Å². The van der Waals surface area contributed by atoms with E-state index in [1.54, 1.807) is 4.98 Å². The molecule has 0 saturated carbocycles. The molecule has 1 aromatic rings. The fourth-order valence-electron chi connectivity index (χ4n) is 1.08. The van der Waals surface area contributed by atoms with E-state index in [-0.39, 0.29) is 6.61 Å². The predicted molar refractivity (Wildman–Crippen MR) is 49.6 cm³/mol. The zero-order valence-corrected chi connectivity index (χ0v) is 8.29. The Balaban J connectivity index is 3.23. The number of ether oxygens (including phenoxy) is 1. The molecule has 0 aromatic carbocycles. The van der Waals surface area contributed by atoms with Gasteiger partial charge in [0, 0.05) is 6.07 Å². The van der Waals surface area contributed by atoms with Crippen molar-refractivity contribution in [2.75, 3.05) is 6.61 Å². The molecule has 0 fully saturated rings. The summed E-state index contributed by atoms with van der Waals surface area (Å²) in [5.74, 6) is -1.88. The van der Waals surface area contributed by atoms with Gasteiger partial charge in [-0.1, -0.05) is 0 Å². The summed E-state index contributed by atoms with van der Waals surface area (Å²) in [6.07, 6.45) is -2.94. The Kier molecular flexibility index (Phi) is 3.60. The lowest BCUT2D eigenvalue weighted by molar-refractivity contribution is 0.0520. The quantitative estimate of drug-likeness (QED) is 0.768. The molecule has 88 valence electrons. The number of carbonyl (C=O) groups excluding carboxylic acids is 1. The SMILES string of the molecule is CCOC(=O)c1c(O)cc(C(F)F)[nH]c1=O. The van der Waals surface area contributed by atoms with Crippen LogP contribution in [0, 0.1) is 0 Å². The van der Waals surface area contributed by atoms with Crippen molar-refractivity contribution in [3.8, 4) is 5.75 Å². The van der Waals surface area contributed by atoms with E-state index in [4.69, 9.17) is 0 Å². The third-order valence-electron chi connectivity index (χ3n) is 1.75. The smallest absolute Gasteiger partial charge is 0.347 e. The number of nitrogens with one attached hydrogen (secondary N) is 1. The Morgan fingerprint density at radius 1 is 1.62 bits per heavy atom. The van der Waals surface area contributed by atoms with E-state index >= 15 is 0 Å². The Bertz CT molecular complexity index is 455. The molecule has 5 nitrogen and oxygen atoms in total. The van der Waals surface area contributed by atoms with Gasteiger partial charge in [0.05, 0.1) is 12.3 Å². The molecule has 1 aromatic heterocycles. The second-order valence-corrected chi connectivity index (χ2v) is 2.84. The van der Waals surface area contributed by atoms with Gasteiger partial charge in [0.15, 0.2) is 5.56 Å². The summed E-state index contributed by atoms with van der Waals surface area (Å²) < 4.78 is 28.9. The van der Waals surface area contributed by atoms with Gasteiger partial charge in [-0.3, -0.25) is 4.79 Å². The molecule has 16 heavy (non-hydrogen) atoms. The van der Waals surface area contributed by atoms with E-state index in [9.17, 15) is 23.5 Å². The monoisotopic (exact) mass is 233 g/mol. The molecule has 0 amide bonds. The number of H-pyrrole nitrogens is 1. The van der Waals surface area contributed by atoms with Gasteiger partial charge in [0.25, 0.3) is 12.0 Å². The van der Waals surface area contributed by atoms with Crippen LogP contribution in [-0.4, -0.2) is 22.7 Å². The van der Waals surface area contributed by atoms with E-state index in [1.807, 2.05) is 0 Å². The summed E-state index contributed by atoms with van der Waals surface area (Å²) in [7, 11) is 0. The van der Waals surface area contributed by atoms with Gasteiger partial charge in [-0.2, -0.15) is 0 Å². The first-order valence-electron chi connectivity index (χ1n) is 4.38. The Morgan fingerprint density at radius 3 is 2.69 bits per heavy atom. The Labute approximate surface area is 88.7 Å². The highest BCUT2D eigenvalue weighted by Gasteiger charge is 2.20. The zero-order valence-electron chi connectivity index (χ0n) is 8.29. The molecule has 0 radical (unpaired) electrons. The second kappa shape index (κ2) is 4.73. The lowest BCUT2D eigenvalue weighted by Crippen LogP contribution is -2.21. The van der Waals surface area contributed by atoms with Crippen LogP contribution in [0.15, 0.2) is 10.9 Å². The van der Waals surface area contributed by atoms with E-state index in [2.05, 4.69) is 4.74 Å². The molecule has 0 aliphatic heterocycles. The molecule has 1 heterocycles. The van der Waals surface area contributed by atoms with Gasteiger partial charge in [-0.15, -0.1) is 0 Å². The van der Waals surface area contributed by atoms with Crippen molar-refractivity contribution < 1.29 is 23.4 Å². The first kappa shape index (κ1) is 12.2. The first-order valence-corrected chi connectivity index (χ1v) is 4.38. The third-order valence-corrected chi connectivity index (χ3v) is 1.75. The van der Waals surface area contributed by atoms with Crippen molar-refractivity contribution in [3.05, 3.63) is 27.7 Å². The van der Waals surface area contributed by atoms with Gasteiger partial charge in [-0.05, 0) is 6.92 Å². The van der Waals surface area contributed by atoms with Crippen LogP contribution in [0.25, 0.3) is 0 Å². The maximum atomic E-state index is 12.2. The molecule has 0 aliphatic rings. The predicted octanol–water partition coefficient (Wildman–Crippen LogP) is 1.19. The number of hydrogen-bond donors (Lipinski definition) is 2. The maximum Gasteiger partial charge on any atom is 0.347 e. The molecule has 2 N–H and O–H groups in total. The average Bonchev–Trinajstić information content (AvgIpc) is 2.16. The third kappa shape index (κ3) is 2.36. The van der Waals surface area contributed by atoms with Crippen LogP contribution in [0.1, 0.15) is 29.4 Å². The van der Waals surface area contributed by atoms with Crippen LogP contribution in [0.2, 0.25) is 0 Å². The van der Waals surface area contributed by atoms with Gasteiger partial charge >= 0.3 is 5.97 Å². The number of esters is 1. The average molecular weight is 233 g/mol. The number of rotatable bonds is 3. The molecule has 0 saturated heterocycles.